The minimum absolute atomic E-state index is 0.623. The first kappa shape index (κ1) is 7.19. The fourth-order valence-corrected chi connectivity index (χ4v) is 1.22. The van der Waals surface area contributed by atoms with Gasteiger partial charge in [0.05, 0.1) is 6.20 Å². The summed E-state index contributed by atoms with van der Waals surface area (Å²) in [7, 11) is 0. The first-order valence-corrected chi connectivity index (χ1v) is 4.00. The Morgan fingerprint density at radius 3 is 3.14 bits per heavy atom. The third-order valence-electron chi connectivity index (χ3n) is 1.84. The number of fused-ring (bicyclic) bond motifs is 1. The number of H-pyrrole nitrogens is 1. The molecule has 3 rings (SSSR count). The summed E-state index contributed by atoms with van der Waals surface area (Å²) in [4.78, 5) is 15.1. The summed E-state index contributed by atoms with van der Waals surface area (Å²) in [6.45, 7) is 0. The van der Waals surface area contributed by atoms with Gasteiger partial charge in [0.1, 0.15) is 23.8 Å². The zero-order valence-electron chi connectivity index (χ0n) is 7.01. The molecule has 0 saturated carbocycles. The van der Waals surface area contributed by atoms with Crippen molar-refractivity contribution in [2.45, 2.75) is 0 Å². The molecule has 0 atom stereocenters. The van der Waals surface area contributed by atoms with Crippen molar-refractivity contribution in [3.05, 3.63) is 24.9 Å². The lowest BCUT2D eigenvalue weighted by molar-refractivity contribution is 0.422. The summed E-state index contributed by atoms with van der Waals surface area (Å²) < 4.78 is 4.72. The standard InChI is InChI=1S/C8H5N5O/c1-2-14-13-5(1)8-11-6-3-9-4-10-7(6)12-8/h1-4H,(H,9,10,11,12). The molecule has 68 valence electrons. The zero-order chi connectivity index (χ0) is 9.38. The van der Waals surface area contributed by atoms with Crippen LogP contribution in [0, 0.1) is 0 Å². The van der Waals surface area contributed by atoms with E-state index in [-0.39, 0.29) is 0 Å². The first-order valence-electron chi connectivity index (χ1n) is 4.00. The second-order valence-corrected chi connectivity index (χ2v) is 2.73. The predicted octanol–water partition coefficient (Wildman–Crippen LogP) is 1.01. The van der Waals surface area contributed by atoms with E-state index in [1.54, 1.807) is 12.3 Å². The van der Waals surface area contributed by atoms with Crippen LogP contribution in [0.15, 0.2) is 29.4 Å². The largest absolute Gasteiger partial charge is 0.364 e. The number of rotatable bonds is 1. The number of imidazole rings is 1. The lowest BCUT2D eigenvalue weighted by atomic mass is 10.4. The lowest BCUT2D eigenvalue weighted by Crippen LogP contribution is -1.78. The van der Waals surface area contributed by atoms with E-state index in [1.165, 1.54) is 12.6 Å². The molecule has 3 heterocycles. The summed E-state index contributed by atoms with van der Waals surface area (Å²) in [5, 5.41) is 3.76. The van der Waals surface area contributed by atoms with E-state index in [0.29, 0.717) is 17.2 Å². The van der Waals surface area contributed by atoms with Crippen molar-refractivity contribution in [3.63, 3.8) is 0 Å². The monoisotopic (exact) mass is 187 g/mol. The third-order valence-corrected chi connectivity index (χ3v) is 1.84. The highest BCUT2D eigenvalue weighted by Crippen LogP contribution is 2.15. The highest BCUT2D eigenvalue weighted by molar-refractivity contribution is 5.73. The third kappa shape index (κ3) is 0.972. The Balaban J connectivity index is 2.24. The molecule has 0 bridgehead atoms. The highest BCUT2D eigenvalue weighted by atomic mass is 16.5. The number of hydrogen-bond donors (Lipinski definition) is 1. The van der Waals surface area contributed by atoms with Crippen molar-refractivity contribution in [2.75, 3.05) is 0 Å². The van der Waals surface area contributed by atoms with Gasteiger partial charge >= 0.3 is 0 Å². The zero-order valence-corrected chi connectivity index (χ0v) is 7.01. The Labute approximate surface area is 78.0 Å². The smallest absolute Gasteiger partial charge is 0.181 e. The van der Waals surface area contributed by atoms with Crippen LogP contribution in [-0.2, 0) is 0 Å². The van der Waals surface area contributed by atoms with Crippen molar-refractivity contribution >= 4 is 11.2 Å². The minimum atomic E-state index is 0.623. The van der Waals surface area contributed by atoms with Crippen molar-refractivity contribution < 1.29 is 4.52 Å². The van der Waals surface area contributed by atoms with Gasteiger partial charge in [-0.1, -0.05) is 5.16 Å². The van der Waals surface area contributed by atoms with Gasteiger partial charge < -0.3 is 9.51 Å². The first-order chi connectivity index (χ1) is 6.93. The molecule has 0 saturated heterocycles. The molecule has 0 aliphatic heterocycles. The molecule has 0 aliphatic carbocycles. The highest BCUT2D eigenvalue weighted by Gasteiger charge is 2.07. The van der Waals surface area contributed by atoms with Crippen LogP contribution in [0.2, 0.25) is 0 Å². The second kappa shape index (κ2) is 2.63. The molecule has 3 aromatic rings. The molecular weight excluding hydrogens is 182 g/mol. The van der Waals surface area contributed by atoms with E-state index in [4.69, 9.17) is 4.52 Å². The van der Waals surface area contributed by atoms with Crippen molar-refractivity contribution in [3.8, 4) is 11.5 Å². The topological polar surface area (TPSA) is 80.5 Å². The molecule has 0 aliphatic rings. The fourth-order valence-electron chi connectivity index (χ4n) is 1.22. The van der Waals surface area contributed by atoms with Gasteiger partial charge in [0, 0.05) is 6.07 Å². The van der Waals surface area contributed by atoms with E-state index >= 15 is 0 Å². The van der Waals surface area contributed by atoms with Gasteiger partial charge in [-0.05, 0) is 0 Å². The number of hydrogen-bond acceptors (Lipinski definition) is 5. The van der Waals surface area contributed by atoms with Crippen LogP contribution in [0.4, 0.5) is 0 Å². The van der Waals surface area contributed by atoms with Crippen LogP contribution >= 0.6 is 0 Å². The van der Waals surface area contributed by atoms with Gasteiger partial charge in [0.25, 0.3) is 0 Å². The van der Waals surface area contributed by atoms with Crippen LogP contribution in [0.3, 0.4) is 0 Å². The van der Waals surface area contributed by atoms with Crippen LogP contribution < -0.4 is 0 Å². The molecule has 6 heteroatoms. The Morgan fingerprint density at radius 1 is 1.36 bits per heavy atom. The predicted molar refractivity (Wildman–Crippen MR) is 47.2 cm³/mol. The summed E-state index contributed by atoms with van der Waals surface area (Å²) in [5.41, 5.74) is 2.06. The Morgan fingerprint density at radius 2 is 2.36 bits per heavy atom. The SMILES string of the molecule is c1ncc2[nH]c(-c3ccon3)nc2n1. The van der Waals surface area contributed by atoms with Crippen LogP contribution in [-0.4, -0.2) is 25.1 Å². The molecule has 0 aromatic carbocycles. The Bertz CT molecular complexity index is 523. The molecule has 6 nitrogen and oxygen atoms in total. The number of aromatic nitrogens is 5. The average molecular weight is 187 g/mol. The normalized spacial score (nSPS) is 10.9. The molecular formula is C8H5N5O. The van der Waals surface area contributed by atoms with Gasteiger partial charge in [-0.2, -0.15) is 0 Å². The quantitative estimate of drug-likeness (QED) is 0.614. The Kier molecular flexibility index (Phi) is 1.35. The Hall–Kier alpha value is -2.24. The van der Waals surface area contributed by atoms with Gasteiger partial charge in [-0.3, -0.25) is 0 Å². The van der Waals surface area contributed by atoms with Crippen LogP contribution in [0.5, 0.6) is 0 Å². The second-order valence-electron chi connectivity index (χ2n) is 2.73. The maximum atomic E-state index is 4.72. The van der Waals surface area contributed by atoms with Gasteiger partial charge in [-0.15, -0.1) is 0 Å². The molecule has 3 aromatic heterocycles. The molecule has 0 fully saturated rings. The van der Waals surface area contributed by atoms with Gasteiger partial charge in [0.2, 0.25) is 0 Å². The maximum absolute atomic E-state index is 4.72. The van der Waals surface area contributed by atoms with Crippen LogP contribution in [0.25, 0.3) is 22.7 Å². The fraction of sp³-hybridized carbons (Fsp3) is 0. The molecule has 0 amide bonds. The molecule has 0 radical (unpaired) electrons. The average Bonchev–Trinajstić information content (AvgIpc) is 2.86. The summed E-state index contributed by atoms with van der Waals surface area (Å²) in [6, 6.07) is 1.73. The minimum Gasteiger partial charge on any atom is -0.364 e. The lowest BCUT2D eigenvalue weighted by Gasteiger charge is -1.82. The number of nitrogens with zero attached hydrogens (tertiary/aromatic N) is 4. The number of aromatic amines is 1. The van der Waals surface area contributed by atoms with E-state index in [2.05, 4.69) is 25.1 Å². The summed E-state index contributed by atoms with van der Waals surface area (Å²) >= 11 is 0. The van der Waals surface area contributed by atoms with E-state index in [9.17, 15) is 0 Å². The summed E-state index contributed by atoms with van der Waals surface area (Å²) in [5.74, 6) is 0.634. The maximum Gasteiger partial charge on any atom is 0.181 e. The van der Waals surface area contributed by atoms with Gasteiger partial charge in [0.15, 0.2) is 11.5 Å². The molecule has 1 N–H and O–H groups in total. The molecule has 0 spiro atoms. The van der Waals surface area contributed by atoms with Crippen LogP contribution in [0.1, 0.15) is 0 Å². The van der Waals surface area contributed by atoms with E-state index in [0.717, 1.165) is 5.52 Å². The van der Waals surface area contributed by atoms with E-state index in [1.807, 2.05) is 0 Å². The number of nitrogens with one attached hydrogen (secondary N) is 1. The molecule has 0 unspecified atom stereocenters. The van der Waals surface area contributed by atoms with E-state index < -0.39 is 0 Å². The van der Waals surface area contributed by atoms with Crippen molar-refractivity contribution in [1.29, 1.82) is 0 Å². The molecule has 14 heavy (non-hydrogen) atoms. The van der Waals surface area contributed by atoms with Gasteiger partial charge in [-0.25, -0.2) is 15.0 Å². The summed E-state index contributed by atoms with van der Waals surface area (Å²) in [6.07, 6.45) is 4.61. The van der Waals surface area contributed by atoms with Crippen molar-refractivity contribution in [1.82, 2.24) is 25.1 Å². The van der Waals surface area contributed by atoms with Crippen molar-refractivity contribution in [2.24, 2.45) is 0 Å².